The standard InChI is InChI=1S/C11H9ClN2O2/c1-6(15)10-8-5-7(16-2)3-4-9(8)13-11(12)14-10/h3-5H,1-2H3. The minimum atomic E-state index is -0.150. The molecule has 1 aromatic carbocycles. The first kappa shape index (κ1) is 10.8. The van der Waals surface area contributed by atoms with E-state index in [4.69, 9.17) is 16.3 Å². The minimum Gasteiger partial charge on any atom is -0.497 e. The predicted octanol–water partition coefficient (Wildman–Crippen LogP) is 2.49. The van der Waals surface area contributed by atoms with Gasteiger partial charge in [-0.3, -0.25) is 4.79 Å². The highest BCUT2D eigenvalue weighted by molar-refractivity contribution is 6.29. The van der Waals surface area contributed by atoms with Crippen molar-refractivity contribution in [1.82, 2.24) is 9.97 Å². The van der Waals surface area contributed by atoms with Crippen molar-refractivity contribution in [3.63, 3.8) is 0 Å². The van der Waals surface area contributed by atoms with Gasteiger partial charge >= 0.3 is 0 Å². The van der Waals surface area contributed by atoms with Crippen molar-refractivity contribution >= 4 is 28.3 Å². The third kappa shape index (κ3) is 1.84. The second-order valence-corrected chi connectivity index (χ2v) is 3.62. The number of carbonyl (C=O) groups excluding carboxylic acids is 1. The fourth-order valence-corrected chi connectivity index (χ4v) is 1.65. The maximum Gasteiger partial charge on any atom is 0.223 e. The molecule has 4 nitrogen and oxygen atoms in total. The summed E-state index contributed by atoms with van der Waals surface area (Å²) in [5.41, 5.74) is 0.944. The highest BCUT2D eigenvalue weighted by atomic mass is 35.5. The van der Waals surface area contributed by atoms with Crippen molar-refractivity contribution in [3.8, 4) is 5.75 Å². The summed E-state index contributed by atoms with van der Waals surface area (Å²) in [6, 6.07) is 5.23. The number of ether oxygens (including phenoxy) is 1. The van der Waals surface area contributed by atoms with Crippen molar-refractivity contribution in [2.45, 2.75) is 6.92 Å². The van der Waals surface area contributed by atoms with Crippen LogP contribution in [0.25, 0.3) is 10.9 Å². The van der Waals surface area contributed by atoms with Crippen LogP contribution in [-0.2, 0) is 0 Å². The van der Waals surface area contributed by atoms with Gasteiger partial charge in [0.15, 0.2) is 5.78 Å². The van der Waals surface area contributed by atoms with Crippen LogP contribution in [0.4, 0.5) is 0 Å². The second kappa shape index (κ2) is 4.06. The number of fused-ring (bicyclic) bond motifs is 1. The Balaban J connectivity index is 2.80. The van der Waals surface area contributed by atoms with Gasteiger partial charge in [0.1, 0.15) is 11.4 Å². The van der Waals surface area contributed by atoms with E-state index in [2.05, 4.69) is 9.97 Å². The Morgan fingerprint density at radius 2 is 2.12 bits per heavy atom. The third-order valence-corrected chi connectivity index (χ3v) is 2.38. The fourth-order valence-electron chi connectivity index (χ4n) is 1.47. The smallest absolute Gasteiger partial charge is 0.223 e. The summed E-state index contributed by atoms with van der Waals surface area (Å²) in [4.78, 5) is 19.4. The number of Topliss-reactive ketones (excluding diaryl/α,β-unsaturated/α-hetero) is 1. The number of benzene rings is 1. The van der Waals surface area contributed by atoms with Gasteiger partial charge < -0.3 is 4.74 Å². The zero-order chi connectivity index (χ0) is 11.7. The molecule has 5 heteroatoms. The van der Waals surface area contributed by atoms with Crippen molar-refractivity contribution in [2.75, 3.05) is 7.11 Å². The third-order valence-electron chi connectivity index (χ3n) is 2.21. The number of hydrogen-bond donors (Lipinski definition) is 0. The molecule has 0 atom stereocenters. The van der Waals surface area contributed by atoms with Gasteiger partial charge in [0, 0.05) is 12.3 Å². The number of halogens is 1. The van der Waals surface area contributed by atoms with E-state index >= 15 is 0 Å². The van der Waals surface area contributed by atoms with Crippen molar-refractivity contribution in [3.05, 3.63) is 29.2 Å². The summed E-state index contributed by atoms with van der Waals surface area (Å²) in [7, 11) is 1.56. The van der Waals surface area contributed by atoms with E-state index in [1.807, 2.05) is 0 Å². The number of nitrogens with zero attached hydrogens (tertiary/aromatic N) is 2. The van der Waals surface area contributed by atoms with Gasteiger partial charge in [-0.2, -0.15) is 0 Å². The van der Waals surface area contributed by atoms with E-state index in [1.165, 1.54) is 6.92 Å². The summed E-state index contributed by atoms with van der Waals surface area (Å²) in [5, 5.41) is 0.721. The Kier molecular flexibility index (Phi) is 2.75. The van der Waals surface area contributed by atoms with Crippen LogP contribution in [0.5, 0.6) is 5.75 Å². The summed E-state index contributed by atoms with van der Waals surface area (Å²) < 4.78 is 5.09. The zero-order valence-electron chi connectivity index (χ0n) is 8.82. The SMILES string of the molecule is COc1ccc2nc(Cl)nc(C(C)=O)c2c1. The van der Waals surface area contributed by atoms with Crippen molar-refractivity contribution in [2.24, 2.45) is 0 Å². The van der Waals surface area contributed by atoms with E-state index in [-0.39, 0.29) is 11.1 Å². The molecule has 0 spiro atoms. The molecule has 0 saturated heterocycles. The molecule has 0 unspecified atom stereocenters. The molecule has 2 aromatic rings. The molecule has 0 bridgehead atoms. The first-order valence-corrected chi connectivity index (χ1v) is 5.02. The van der Waals surface area contributed by atoms with E-state index in [9.17, 15) is 4.79 Å². The van der Waals surface area contributed by atoms with E-state index in [1.54, 1.807) is 25.3 Å². The number of ketones is 1. The Morgan fingerprint density at radius 1 is 1.38 bits per heavy atom. The molecule has 0 aliphatic rings. The Bertz CT molecular complexity index is 569. The molecule has 0 aliphatic heterocycles. The van der Waals surface area contributed by atoms with Gasteiger partial charge in [-0.25, -0.2) is 9.97 Å². The van der Waals surface area contributed by atoms with Crippen LogP contribution in [-0.4, -0.2) is 22.9 Å². The van der Waals surface area contributed by atoms with E-state index in [0.717, 1.165) is 0 Å². The lowest BCUT2D eigenvalue weighted by atomic mass is 10.1. The molecule has 2 rings (SSSR count). The van der Waals surface area contributed by atoms with Gasteiger partial charge in [0.25, 0.3) is 0 Å². The average molecular weight is 237 g/mol. The normalized spacial score (nSPS) is 10.4. The largest absolute Gasteiger partial charge is 0.497 e. The average Bonchev–Trinajstić information content (AvgIpc) is 2.27. The first-order valence-electron chi connectivity index (χ1n) is 4.64. The van der Waals surface area contributed by atoms with Crippen LogP contribution in [0.15, 0.2) is 18.2 Å². The molecule has 1 heterocycles. The van der Waals surface area contributed by atoms with Gasteiger partial charge in [0.2, 0.25) is 5.28 Å². The van der Waals surface area contributed by atoms with Crippen LogP contribution >= 0.6 is 11.6 Å². The molecular formula is C11H9ClN2O2. The summed E-state index contributed by atoms with van der Waals surface area (Å²) >= 11 is 5.74. The number of hydrogen-bond acceptors (Lipinski definition) is 4. The van der Waals surface area contributed by atoms with E-state index in [0.29, 0.717) is 22.3 Å². The van der Waals surface area contributed by atoms with Gasteiger partial charge in [-0.15, -0.1) is 0 Å². The number of methoxy groups -OCH3 is 1. The maximum absolute atomic E-state index is 11.4. The molecular weight excluding hydrogens is 228 g/mol. The summed E-state index contributed by atoms with van der Waals surface area (Å²) in [5.74, 6) is 0.503. The second-order valence-electron chi connectivity index (χ2n) is 3.28. The molecule has 82 valence electrons. The van der Waals surface area contributed by atoms with Crippen molar-refractivity contribution in [1.29, 1.82) is 0 Å². The quantitative estimate of drug-likeness (QED) is 0.594. The molecule has 0 aliphatic carbocycles. The monoisotopic (exact) mass is 236 g/mol. The first-order chi connectivity index (χ1) is 7.61. The molecule has 0 N–H and O–H groups in total. The van der Waals surface area contributed by atoms with Crippen LogP contribution < -0.4 is 4.74 Å². The van der Waals surface area contributed by atoms with Gasteiger partial charge in [-0.05, 0) is 29.8 Å². The fraction of sp³-hybridized carbons (Fsp3) is 0.182. The van der Waals surface area contributed by atoms with Crippen LogP contribution in [0.2, 0.25) is 5.28 Å². The highest BCUT2D eigenvalue weighted by Gasteiger charge is 2.11. The number of aromatic nitrogens is 2. The zero-order valence-corrected chi connectivity index (χ0v) is 9.58. The molecule has 1 aromatic heterocycles. The Morgan fingerprint density at radius 3 is 2.75 bits per heavy atom. The lowest BCUT2D eigenvalue weighted by Gasteiger charge is -2.05. The maximum atomic E-state index is 11.4. The molecule has 0 fully saturated rings. The van der Waals surface area contributed by atoms with Crippen LogP contribution in [0, 0.1) is 0 Å². The predicted molar refractivity (Wildman–Crippen MR) is 61.1 cm³/mol. The Hall–Kier alpha value is -1.68. The number of rotatable bonds is 2. The Labute approximate surface area is 97.2 Å². The molecule has 0 saturated carbocycles. The lowest BCUT2D eigenvalue weighted by molar-refractivity contribution is 0.101. The molecule has 16 heavy (non-hydrogen) atoms. The minimum absolute atomic E-state index is 0.0721. The van der Waals surface area contributed by atoms with Gasteiger partial charge in [-0.1, -0.05) is 0 Å². The number of carbonyl (C=O) groups is 1. The van der Waals surface area contributed by atoms with Crippen molar-refractivity contribution < 1.29 is 9.53 Å². The lowest BCUT2D eigenvalue weighted by Crippen LogP contribution is -2.00. The van der Waals surface area contributed by atoms with Crippen LogP contribution in [0.1, 0.15) is 17.4 Å². The highest BCUT2D eigenvalue weighted by Crippen LogP contribution is 2.23. The molecule has 0 amide bonds. The summed E-state index contributed by atoms with van der Waals surface area (Å²) in [6.45, 7) is 1.44. The topological polar surface area (TPSA) is 52.1 Å². The van der Waals surface area contributed by atoms with Gasteiger partial charge in [0.05, 0.1) is 12.6 Å². The molecule has 0 radical (unpaired) electrons. The van der Waals surface area contributed by atoms with Crippen LogP contribution in [0.3, 0.4) is 0 Å². The summed E-state index contributed by atoms with van der Waals surface area (Å²) in [6.07, 6.45) is 0. The van der Waals surface area contributed by atoms with E-state index < -0.39 is 0 Å².